The molecule has 0 radical (unpaired) electrons. The van der Waals surface area contributed by atoms with Crippen molar-refractivity contribution in [3.8, 4) is 11.4 Å². The Labute approximate surface area is 156 Å². The van der Waals surface area contributed by atoms with Gasteiger partial charge < -0.3 is 15.2 Å². The van der Waals surface area contributed by atoms with Gasteiger partial charge in [0.15, 0.2) is 0 Å². The third-order valence-corrected chi connectivity index (χ3v) is 3.87. The van der Waals surface area contributed by atoms with E-state index in [2.05, 4.69) is 20.8 Å². The second-order valence-corrected chi connectivity index (χ2v) is 6.14. The highest BCUT2D eigenvalue weighted by molar-refractivity contribution is 5.95. The summed E-state index contributed by atoms with van der Waals surface area (Å²) in [7, 11) is 0. The number of carbonyl (C=O) groups excluding carboxylic acids is 2. The number of aromatic nitrogens is 2. The first-order chi connectivity index (χ1) is 13.0. The molecule has 2 N–H and O–H groups in total. The van der Waals surface area contributed by atoms with Crippen LogP contribution in [0.15, 0.2) is 53.1 Å². The molecule has 2 aromatic carbocycles. The molecule has 0 saturated heterocycles. The molecular weight excluding hydrogens is 344 g/mol. The molecule has 1 aromatic heterocycles. The van der Waals surface area contributed by atoms with Gasteiger partial charge in [0.05, 0.1) is 0 Å². The van der Waals surface area contributed by atoms with Crippen molar-refractivity contribution in [1.29, 1.82) is 0 Å². The van der Waals surface area contributed by atoms with E-state index in [0.717, 1.165) is 16.8 Å². The summed E-state index contributed by atoms with van der Waals surface area (Å²) in [6.45, 7) is 3.93. The van der Waals surface area contributed by atoms with E-state index in [1.807, 2.05) is 31.2 Å². The highest BCUT2D eigenvalue weighted by Gasteiger charge is 2.10. The van der Waals surface area contributed by atoms with Crippen molar-refractivity contribution in [3.63, 3.8) is 0 Å². The molecule has 0 unspecified atom stereocenters. The molecule has 7 nitrogen and oxygen atoms in total. The van der Waals surface area contributed by atoms with E-state index in [4.69, 9.17) is 4.52 Å². The summed E-state index contributed by atoms with van der Waals surface area (Å²) < 4.78 is 4.94. The number of anilines is 1. The zero-order valence-corrected chi connectivity index (χ0v) is 15.2. The number of hydrogen-bond donors (Lipinski definition) is 2. The van der Waals surface area contributed by atoms with Gasteiger partial charge in [-0.3, -0.25) is 9.59 Å². The lowest BCUT2D eigenvalue weighted by molar-refractivity contribution is -0.116. The first kappa shape index (κ1) is 18.3. The minimum Gasteiger partial charge on any atom is -0.352 e. The Bertz CT molecular complexity index is 948. The summed E-state index contributed by atoms with van der Waals surface area (Å²) >= 11 is 0. The monoisotopic (exact) mass is 364 g/mol. The first-order valence-electron chi connectivity index (χ1n) is 8.57. The van der Waals surface area contributed by atoms with Crippen LogP contribution in [0.4, 0.5) is 5.69 Å². The fourth-order valence-corrected chi connectivity index (χ4v) is 2.53. The summed E-state index contributed by atoms with van der Waals surface area (Å²) in [6.07, 6.45) is 0.194. The summed E-state index contributed by atoms with van der Waals surface area (Å²) in [6, 6.07) is 14.4. The van der Waals surface area contributed by atoms with Gasteiger partial charge in [-0.1, -0.05) is 29.4 Å². The van der Waals surface area contributed by atoms with Gasteiger partial charge >= 0.3 is 0 Å². The molecule has 0 aliphatic carbocycles. The number of aryl methyl sites for hydroxylation is 2. The zero-order chi connectivity index (χ0) is 19.2. The number of hydrogen-bond acceptors (Lipinski definition) is 5. The summed E-state index contributed by atoms with van der Waals surface area (Å²) in [5, 5.41) is 9.39. The molecule has 1 heterocycles. The maximum atomic E-state index is 12.2. The Hall–Kier alpha value is -3.48. The van der Waals surface area contributed by atoms with Crippen molar-refractivity contribution in [2.45, 2.75) is 20.3 Å². The average Bonchev–Trinajstić information content (AvgIpc) is 3.08. The van der Waals surface area contributed by atoms with E-state index in [9.17, 15) is 9.59 Å². The van der Waals surface area contributed by atoms with Crippen LogP contribution in [0.2, 0.25) is 0 Å². The molecule has 2 amide bonds. The first-order valence-corrected chi connectivity index (χ1v) is 8.57. The summed E-state index contributed by atoms with van der Waals surface area (Å²) in [5.41, 5.74) is 3.08. The van der Waals surface area contributed by atoms with Crippen LogP contribution >= 0.6 is 0 Å². The molecule has 3 rings (SSSR count). The summed E-state index contributed by atoms with van der Waals surface area (Å²) in [5.74, 6) is 0.570. The lowest BCUT2D eigenvalue weighted by Crippen LogP contribution is -2.27. The van der Waals surface area contributed by atoms with E-state index in [-0.39, 0.29) is 24.8 Å². The largest absolute Gasteiger partial charge is 0.352 e. The van der Waals surface area contributed by atoms with Crippen molar-refractivity contribution in [3.05, 3.63) is 65.5 Å². The third-order valence-electron chi connectivity index (χ3n) is 3.87. The number of benzene rings is 2. The molecule has 0 aliphatic heterocycles. The summed E-state index contributed by atoms with van der Waals surface area (Å²) in [4.78, 5) is 28.3. The van der Waals surface area contributed by atoms with Gasteiger partial charge in [0.25, 0.3) is 5.91 Å². The number of nitrogens with zero attached hydrogens (tertiary/aromatic N) is 2. The predicted molar refractivity (Wildman–Crippen MR) is 101 cm³/mol. The van der Waals surface area contributed by atoms with Crippen LogP contribution in [0.25, 0.3) is 11.4 Å². The Morgan fingerprint density at radius 3 is 2.52 bits per heavy atom. The fraction of sp³-hybridized carbons (Fsp3) is 0.200. The predicted octanol–water partition coefficient (Wildman–Crippen LogP) is 3.11. The fourth-order valence-electron chi connectivity index (χ4n) is 2.53. The van der Waals surface area contributed by atoms with Gasteiger partial charge in [-0.25, -0.2) is 0 Å². The van der Waals surface area contributed by atoms with Crippen molar-refractivity contribution < 1.29 is 14.1 Å². The van der Waals surface area contributed by atoms with Crippen molar-refractivity contribution in [2.24, 2.45) is 0 Å². The number of carbonyl (C=O) groups is 2. The molecule has 7 heteroatoms. The van der Waals surface area contributed by atoms with Crippen LogP contribution in [0.1, 0.15) is 28.2 Å². The zero-order valence-electron chi connectivity index (χ0n) is 15.2. The van der Waals surface area contributed by atoms with Gasteiger partial charge in [-0.15, -0.1) is 0 Å². The second-order valence-electron chi connectivity index (χ2n) is 6.14. The standard InChI is InChI=1S/C20H20N4O3/c1-13-4-3-5-17(12-13)23-18(25)10-11-21-20(26)16-8-6-15(7-9-16)19-22-14(2)27-24-19/h3-9,12H,10-11H2,1-2H3,(H,21,26)(H,23,25). The maximum Gasteiger partial charge on any atom is 0.251 e. The average molecular weight is 364 g/mol. The van der Waals surface area contributed by atoms with Crippen LogP contribution in [-0.4, -0.2) is 28.5 Å². The molecule has 0 fully saturated rings. The van der Waals surface area contributed by atoms with Crippen molar-refractivity contribution in [1.82, 2.24) is 15.5 Å². The van der Waals surface area contributed by atoms with Crippen molar-refractivity contribution >= 4 is 17.5 Å². The van der Waals surface area contributed by atoms with Crippen LogP contribution < -0.4 is 10.6 Å². The lowest BCUT2D eigenvalue weighted by atomic mass is 10.1. The quantitative estimate of drug-likeness (QED) is 0.700. The normalized spacial score (nSPS) is 10.4. The topological polar surface area (TPSA) is 97.1 Å². The van der Waals surface area contributed by atoms with Crippen LogP contribution in [-0.2, 0) is 4.79 Å². The van der Waals surface area contributed by atoms with Crippen LogP contribution in [0, 0.1) is 13.8 Å². The molecule has 0 aliphatic rings. The molecule has 0 atom stereocenters. The number of amides is 2. The molecule has 3 aromatic rings. The molecule has 138 valence electrons. The van der Waals surface area contributed by atoms with Crippen LogP contribution in [0.3, 0.4) is 0 Å². The number of nitrogens with one attached hydrogen (secondary N) is 2. The highest BCUT2D eigenvalue weighted by atomic mass is 16.5. The van der Waals surface area contributed by atoms with Gasteiger partial charge in [-0.2, -0.15) is 4.98 Å². The van der Waals surface area contributed by atoms with Crippen molar-refractivity contribution in [2.75, 3.05) is 11.9 Å². The molecule has 0 spiro atoms. The van der Waals surface area contributed by atoms with Gasteiger partial charge in [-0.05, 0) is 36.8 Å². The smallest absolute Gasteiger partial charge is 0.251 e. The van der Waals surface area contributed by atoms with E-state index in [1.54, 1.807) is 31.2 Å². The second kappa shape index (κ2) is 8.27. The van der Waals surface area contributed by atoms with Gasteiger partial charge in [0.2, 0.25) is 17.6 Å². The minimum absolute atomic E-state index is 0.149. The Kier molecular flexibility index (Phi) is 5.61. The van der Waals surface area contributed by atoms with E-state index >= 15 is 0 Å². The van der Waals surface area contributed by atoms with E-state index in [1.165, 1.54) is 0 Å². The minimum atomic E-state index is -0.241. The number of rotatable bonds is 6. The maximum absolute atomic E-state index is 12.2. The third kappa shape index (κ3) is 5.01. The molecular formula is C20H20N4O3. The van der Waals surface area contributed by atoms with Crippen LogP contribution in [0.5, 0.6) is 0 Å². The molecule has 0 bridgehead atoms. The molecule has 0 saturated carbocycles. The Morgan fingerprint density at radius 2 is 1.85 bits per heavy atom. The lowest BCUT2D eigenvalue weighted by Gasteiger charge is -2.07. The Morgan fingerprint density at radius 1 is 1.07 bits per heavy atom. The SMILES string of the molecule is Cc1cccc(NC(=O)CCNC(=O)c2ccc(-c3noc(C)n3)cc2)c1. The van der Waals surface area contributed by atoms with Gasteiger partial charge in [0.1, 0.15) is 0 Å². The van der Waals surface area contributed by atoms with E-state index < -0.39 is 0 Å². The van der Waals surface area contributed by atoms with Gasteiger partial charge in [0, 0.05) is 36.7 Å². The molecule has 27 heavy (non-hydrogen) atoms. The Balaban J connectivity index is 1.48. The van der Waals surface area contributed by atoms with E-state index in [0.29, 0.717) is 17.3 Å². The highest BCUT2D eigenvalue weighted by Crippen LogP contribution is 2.16.